The van der Waals surface area contributed by atoms with Crippen LogP contribution in [0.15, 0.2) is 4.47 Å². The fraction of sp³-hybridized carbons (Fsp3) is 0.667. The van der Waals surface area contributed by atoms with Crippen LogP contribution < -0.4 is 0 Å². The summed E-state index contributed by atoms with van der Waals surface area (Å²) in [6, 6.07) is 0. The minimum absolute atomic E-state index is 0.162. The number of rotatable bonds is 7. The first kappa shape index (κ1) is 15.2. The summed E-state index contributed by atoms with van der Waals surface area (Å²) in [5.41, 5.74) is 2.17. The molecule has 0 fully saturated rings. The molecule has 0 radical (unpaired) electrons. The van der Waals surface area contributed by atoms with Crippen LogP contribution in [0.25, 0.3) is 0 Å². The molecule has 0 spiro atoms. The van der Waals surface area contributed by atoms with E-state index in [1.165, 1.54) is 0 Å². The molecule has 1 aromatic rings. The van der Waals surface area contributed by atoms with Gasteiger partial charge in [0.25, 0.3) is 0 Å². The predicted octanol–water partition coefficient (Wildman–Crippen LogP) is 2.13. The smallest absolute Gasteiger partial charge is 0.304 e. The first-order valence-electron chi connectivity index (χ1n) is 6.13. The van der Waals surface area contributed by atoms with Crippen LogP contribution in [0.5, 0.6) is 0 Å². The van der Waals surface area contributed by atoms with Gasteiger partial charge in [-0.1, -0.05) is 6.92 Å². The van der Waals surface area contributed by atoms with Crippen molar-refractivity contribution in [2.24, 2.45) is 0 Å². The summed E-state index contributed by atoms with van der Waals surface area (Å²) in [6.07, 6.45) is 1.05. The molecular formula is C12H20BrN3O2. The molecule has 0 saturated heterocycles. The Morgan fingerprint density at radius 3 is 2.67 bits per heavy atom. The Hall–Kier alpha value is -0.880. The fourth-order valence-corrected chi connectivity index (χ4v) is 2.48. The van der Waals surface area contributed by atoms with Gasteiger partial charge in [0, 0.05) is 19.6 Å². The fourth-order valence-electron chi connectivity index (χ4n) is 1.79. The molecule has 0 aliphatic heterocycles. The van der Waals surface area contributed by atoms with E-state index in [0.717, 1.165) is 28.8 Å². The zero-order valence-corrected chi connectivity index (χ0v) is 12.7. The zero-order chi connectivity index (χ0) is 13.7. The van der Waals surface area contributed by atoms with Crippen molar-refractivity contribution in [3.05, 3.63) is 15.9 Å². The molecule has 0 aliphatic carbocycles. The van der Waals surface area contributed by atoms with E-state index in [9.17, 15) is 4.79 Å². The van der Waals surface area contributed by atoms with Gasteiger partial charge in [0.15, 0.2) is 0 Å². The first-order valence-corrected chi connectivity index (χ1v) is 6.93. The third-order valence-corrected chi connectivity index (χ3v) is 3.74. The first-order chi connectivity index (χ1) is 8.49. The van der Waals surface area contributed by atoms with Gasteiger partial charge in [-0.2, -0.15) is 5.10 Å². The number of hydrogen-bond donors (Lipinski definition) is 1. The number of hydrogen-bond acceptors (Lipinski definition) is 3. The lowest BCUT2D eigenvalue weighted by Crippen LogP contribution is -2.23. The molecule has 1 aromatic heterocycles. The third-order valence-electron chi connectivity index (χ3n) is 2.82. The molecule has 1 N–H and O–H groups in total. The van der Waals surface area contributed by atoms with Crippen molar-refractivity contribution in [2.45, 2.75) is 39.8 Å². The highest BCUT2D eigenvalue weighted by Crippen LogP contribution is 2.23. The van der Waals surface area contributed by atoms with Crippen LogP contribution in [-0.4, -0.2) is 39.3 Å². The molecule has 102 valence electrons. The lowest BCUT2D eigenvalue weighted by atomic mass is 10.3. The van der Waals surface area contributed by atoms with E-state index in [1.54, 1.807) is 0 Å². The van der Waals surface area contributed by atoms with E-state index in [-0.39, 0.29) is 6.42 Å². The maximum Gasteiger partial charge on any atom is 0.304 e. The van der Waals surface area contributed by atoms with E-state index < -0.39 is 5.97 Å². The van der Waals surface area contributed by atoms with Gasteiger partial charge in [-0.25, -0.2) is 0 Å². The molecule has 0 amide bonds. The highest BCUT2D eigenvalue weighted by atomic mass is 79.9. The number of carboxylic acid groups (broad SMARTS) is 1. The second kappa shape index (κ2) is 6.89. The quantitative estimate of drug-likeness (QED) is 0.837. The number of aryl methyl sites for hydroxylation is 2. The Bertz CT molecular complexity index is 418. The van der Waals surface area contributed by atoms with Gasteiger partial charge in [0.05, 0.1) is 22.3 Å². The number of carboxylic acids is 1. The lowest BCUT2D eigenvalue weighted by Gasteiger charge is -2.16. The Morgan fingerprint density at radius 1 is 1.50 bits per heavy atom. The van der Waals surface area contributed by atoms with Crippen molar-refractivity contribution < 1.29 is 9.90 Å². The summed E-state index contributed by atoms with van der Waals surface area (Å²) < 4.78 is 3.02. The van der Waals surface area contributed by atoms with Crippen LogP contribution >= 0.6 is 15.9 Å². The van der Waals surface area contributed by atoms with E-state index in [1.807, 2.05) is 16.6 Å². The Labute approximate surface area is 116 Å². The SMILES string of the molecule is CCc1nn(CC)c(CN(C)CCC(=O)O)c1Br. The van der Waals surface area contributed by atoms with Gasteiger partial charge in [-0.05, 0) is 36.3 Å². The Balaban J connectivity index is 2.76. The summed E-state index contributed by atoms with van der Waals surface area (Å²) in [4.78, 5) is 12.5. The van der Waals surface area contributed by atoms with Crippen LogP contribution in [0, 0.1) is 0 Å². The number of carbonyl (C=O) groups is 1. The molecule has 5 nitrogen and oxygen atoms in total. The monoisotopic (exact) mass is 317 g/mol. The molecule has 1 heterocycles. The van der Waals surface area contributed by atoms with Gasteiger partial charge < -0.3 is 5.11 Å². The lowest BCUT2D eigenvalue weighted by molar-refractivity contribution is -0.137. The Morgan fingerprint density at radius 2 is 2.17 bits per heavy atom. The van der Waals surface area contributed by atoms with Crippen molar-refractivity contribution in [1.82, 2.24) is 14.7 Å². The van der Waals surface area contributed by atoms with Crippen molar-refractivity contribution in [3.8, 4) is 0 Å². The molecule has 1 rings (SSSR count). The maximum atomic E-state index is 10.5. The normalized spacial score (nSPS) is 11.2. The molecule has 0 aromatic carbocycles. The number of aliphatic carboxylic acids is 1. The van der Waals surface area contributed by atoms with Gasteiger partial charge in [0.1, 0.15) is 0 Å². The largest absolute Gasteiger partial charge is 0.481 e. The second-order valence-corrected chi connectivity index (χ2v) is 5.05. The van der Waals surface area contributed by atoms with Crippen LogP contribution in [0.3, 0.4) is 0 Å². The summed E-state index contributed by atoms with van der Waals surface area (Å²) in [5.74, 6) is -0.765. The van der Waals surface area contributed by atoms with Crippen LogP contribution in [0.2, 0.25) is 0 Å². The summed E-state index contributed by atoms with van der Waals surface area (Å²) in [7, 11) is 1.92. The van der Waals surface area contributed by atoms with Gasteiger partial charge >= 0.3 is 5.97 Å². The highest BCUT2D eigenvalue weighted by molar-refractivity contribution is 9.10. The van der Waals surface area contributed by atoms with E-state index in [4.69, 9.17) is 5.11 Å². The Kier molecular flexibility index (Phi) is 5.81. The minimum atomic E-state index is -0.765. The highest BCUT2D eigenvalue weighted by Gasteiger charge is 2.15. The molecular weight excluding hydrogens is 298 g/mol. The minimum Gasteiger partial charge on any atom is -0.481 e. The molecule has 0 bridgehead atoms. The van der Waals surface area contributed by atoms with Gasteiger partial charge in [-0.3, -0.25) is 14.4 Å². The molecule has 0 unspecified atom stereocenters. The van der Waals surface area contributed by atoms with Crippen LogP contribution in [0.4, 0.5) is 0 Å². The van der Waals surface area contributed by atoms with Crippen molar-refractivity contribution in [2.75, 3.05) is 13.6 Å². The number of nitrogens with zero attached hydrogens (tertiary/aromatic N) is 3. The van der Waals surface area contributed by atoms with E-state index in [2.05, 4.69) is 34.9 Å². The van der Waals surface area contributed by atoms with E-state index in [0.29, 0.717) is 13.1 Å². The molecule has 0 atom stereocenters. The van der Waals surface area contributed by atoms with Crippen LogP contribution in [0.1, 0.15) is 31.7 Å². The second-order valence-electron chi connectivity index (χ2n) is 4.26. The maximum absolute atomic E-state index is 10.5. The van der Waals surface area contributed by atoms with Crippen LogP contribution in [-0.2, 0) is 24.3 Å². The molecule has 18 heavy (non-hydrogen) atoms. The predicted molar refractivity (Wildman–Crippen MR) is 73.6 cm³/mol. The summed E-state index contributed by atoms with van der Waals surface area (Å²) >= 11 is 3.59. The average Bonchev–Trinajstić information content (AvgIpc) is 2.63. The summed E-state index contributed by atoms with van der Waals surface area (Å²) in [5, 5.41) is 13.2. The van der Waals surface area contributed by atoms with Crippen molar-refractivity contribution >= 4 is 21.9 Å². The number of aromatic nitrogens is 2. The third kappa shape index (κ3) is 3.81. The van der Waals surface area contributed by atoms with Crippen molar-refractivity contribution in [3.63, 3.8) is 0 Å². The molecule has 0 aliphatic rings. The van der Waals surface area contributed by atoms with Crippen molar-refractivity contribution in [1.29, 1.82) is 0 Å². The average molecular weight is 318 g/mol. The molecule has 0 saturated carbocycles. The van der Waals surface area contributed by atoms with Gasteiger partial charge in [0.2, 0.25) is 0 Å². The molecule has 6 heteroatoms. The topological polar surface area (TPSA) is 58.4 Å². The van der Waals surface area contributed by atoms with Gasteiger partial charge in [-0.15, -0.1) is 0 Å². The standard InChI is InChI=1S/C12H20BrN3O2/c1-4-9-12(13)10(16(5-2)14-9)8-15(3)7-6-11(17)18/h4-8H2,1-3H3,(H,17,18). The zero-order valence-electron chi connectivity index (χ0n) is 11.1. The van der Waals surface area contributed by atoms with E-state index >= 15 is 0 Å². The number of halogens is 1. The summed E-state index contributed by atoms with van der Waals surface area (Å²) in [6.45, 7) is 6.19.